The molecule has 0 atom stereocenters. The molecule has 1 heterocycles. The normalized spacial score (nSPS) is 9.50. The van der Waals surface area contributed by atoms with Gasteiger partial charge in [0.2, 0.25) is 5.88 Å². The summed E-state index contributed by atoms with van der Waals surface area (Å²) < 4.78 is 4.85. The molecular formula is C7H12N4O. The van der Waals surface area contributed by atoms with Crippen LogP contribution in [0.5, 0.6) is 5.88 Å². The molecule has 0 aromatic carbocycles. The predicted molar refractivity (Wildman–Crippen MR) is 46.1 cm³/mol. The highest BCUT2D eigenvalue weighted by atomic mass is 16.5. The largest absolute Gasteiger partial charge is 0.480 e. The molecule has 0 aliphatic heterocycles. The first-order valence-corrected chi connectivity index (χ1v) is 3.68. The monoisotopic (exact) mass is 168 g/mol. The highest BCUT2D eigenvalue weighted by Gasteiger charge is 1.94. The fraction of sp³-hybridized carbons (Fsp3) is 0.429. The topological polar surface area (TPSA) is 73.1 Å². The molecular weight excluding hydrogens is 156 g/mol. The first-order valence-electron chi connectivity index (χ1n) is 3.68. The van der Waals surface area contributed by atoms with Crippen LogP contribution in [0.3, 0.4) is 0 Å². The molecule has 0 radical (unpaired) electrons. The van der Waals surface area contributed by atoms with Gasteiger partial charge in [-0.25, -0.2) is 0 Å². The maximum Gasteiger partial charge on any atom is 0.233 e. The number of ether oxygens (including phenoxy) is 1. The third-order valence-corrected chi connectivity index (χ3v) is 1.30. The fourth-order valence-corrected chi connectivity index (χ4v) is 0.723. The van der Waals surface area contributed by atoms with E-state index in [0.29, 0.717) is 24.8 Å². The van der Waals surface area contributed by atoms with E-state index < -0.39 is 0 Å². The van der Waals surface area contributed by atoms with Crippen molar-refractivity contribution in [3.8, 4) is 5.88 Å². The van der Waals surface area contributed by atoms with Gasteiger partial charge in [0.05, 0.1) is 7.11 Å². The number of rotatable bonds is 4. The summed E-state index contributed by atoms with van der Waals surface area (Å²) in [5, 5.41) is 10.6. The summed E-state index contributed by atoms with van der Waals surface area (Å²) >= 11 is 0. The molecule has 0 saturated carbocycles. The molecule has 3 N–H and O–H groups in total. The van der Waals surface area contributed by atoms with Gasteiger partial charge < -0.3 is 15.8 Å². The molecule has 0 aliphatic rings. The summed E-state index contributed by atoms with van der Waals surface area (Å²) in [4.78, 5) is 0. The second-order valence-electron chi connectivity index (χ2n) is 2.18. The molecule has 0 fully saturated rings. The Bertz CT molecular complexity index is 223. The summed E-state index contributed by atoms with van der Waals surface area (Å²) in [6.45, 7) is 1.27. The van der Waals surface area contributed by atoms with Crippen molar-refractivity contribution in [2.45, 2.75) is 0 Å². The number of nitrogens with two attached hydrogens (primary N) is 1. The van der Waals surface area contributed by atoms with Gasteiger partial charge in [-0.1, -0.05) is 0 Å². The van der Waals surface area contributed by atoms with Gasteiger partial charge in [0.1, 0.15) is 5.82 Å². The molecule has 66 valence electrons. The van der Waals surface area contributed by atoms with E-state index >= 15 is 0 Å². The van der Waals surface area contributed by atoms with E-state index in [4.69, 9.17) is 10.5 Å². The van der Waals surface area contributed by atoms with Crippen LogP contribution in [0.15, 0.2) is 12.1 Å². The van der Waals surface area contributed by atoms with E-state index in [2.05, 4.69) is 15.5 Å². The maximum absolute atomic E-state index is 5.30. The SMILES string of the molecule is COc1ccc(NCCN)nn1. The Morgan fingerprint density at radius 1 is 1.50 bits per heavy atom. The van der Waals surface area contributed by atoms with Gasteiger partial charge in [-0.05, 0) is 6.07 Å². The molecule has 0 saturated heterocycles. The quantitative estimate of drug-likeness (QED) is 0.654. The Morgan fingerprint density at radius 2 is 2.33 bits per heavy atom. The summed E-state index contributed by atoms with van der Waals surface area (Å²) in [6.07, 6.45) is 0. The van der Waals surface area contributed by atoms with Gasteiger partial charge in [-0.2, -0.15) is 0 Å². The first-order chi connectivity index (χ1) is 5.86. The van der Waals surface area contributed by atoms with Crippen LogP contribution in [0.4, 0.5) is 5.82 Å². The van der Waals surface area contributed by atoms with E-state index in [1.165, 1.54) is 0 Å². The van der Waals surface area contributed by atoms with Crippen molar-refractivity contribution in [1.29, 1.82) is 0 Å². The number of hydrogen-bond acceptors (Lipinski definition) is 5. The molecule has 0 spiro atoms. The second kappa shape index (κ2) is 4.50. The Hall–Kier alpha value is -1.36. The van der Waals surface area contributed by atoms with Gasteiger partial charge >= 0.3 is 0 Å². The van der Waals surface area contributed by atoms with Crippen LogP contribution in [-0.4, -0.2) is 30.4 Å². The van der Waals surface area contributed by atoms with Gasteiger partial charge in [-0.15, -0.1) is 10.2 Å². The van der Waals surface area contributed by atoms with Crippen LogP contribution >= 0.6 is 0 Å². The molecule has 0 bridgehead atoms. The van der Waals surface area contributed by atoms with Crippen LogP contribution < -0.4 is 15.8 Å². The van der Waals surface area contributed by atoms with E-state index in [0.717, 1.165) is 0 Å². The van der Waals surface area contributed by atoms with Crippen molar-refractivity contribution in [3.63, 3.8) is 0 Å². The molecule has 0 aliphatic carbocycles. The molecule has 0 amide bonds. The van der Waals surface area contributed by atoms with Crippen molar-refractivity contribution < 1.29 is 4.74 Å². The van der Waals surface area contributed by atoms with Gasteiger partial charge in [0, 0.05) is 19.2 Å². The zero-order valence-electron chi connectivity index (χ0n) is 6.95. The minimum Gasteiger partial charge on any atom is -0.480 e. The predicted octanol–water partition coefficient (Wildman–Crippen LogP) is -0.144. The Balaban J connectivity index is 2.53. The Morgan fingerprint density at radius 3 is 2.83 bits per heavy atom. The van der Waals surface area contributed by atoms with Crippen LogP contribution in [0.25, 0.3) is 0 Å². The van der Waals surface area contributed by atoms with E-state index in [1.54, 1.807) is 19.2 Å². The number of methoxy groups -OCH3 is 1. The van der Waals surface area contributed by atoms with Crippen molar-refractivity contribution in [2.75, 3.05) is 25.5 Å². The van der Waals surface area contributed by atoms with Crippen molar-refractivity contribution in [3.05, 3.63) is 12.1 Å². The molecule has 1 aromatic heterocycles. The maximum atomic E-state index is 5.30. The summed E-state index contributed by atoms with van der Waals surface area (Å²) in [6, 6.07) is 3.54. The number of hydrogen-bond donors (Lipinski definition) is 2. The zero-order chi connectivity index (χ0) is 8.81. The Kier molecular flexibility index (Phi) is 3.28. The summed E-state index contributed by atoms with van der Waals surface area (Å²) in [5.41, 5.74) is 5.30. The van der Waals surface area contributed by atoms with Crippen LogP contribution in [0.1, 0.15) is 0 Å². The van der Waals surface area contributed by atoms with Crippen molar-refractivity contribution in [2.24, 2.45) is 5.73 Å². The lowest BCUT2D eigenvalue weighted by Gasteiger charge is -2.02. The average Bonchev–Trinajstić information content (AvgIpc) is 2.15. The highest BCUT2D eigenvalue weighted by molar-refractivity contribution is 5.33. The fourth-order valence-electron chi connectivity index (χ4n) is 0.723. The lowest BCUT2D eigenvalue weighted by molar-refractivity contribution is 0.392. The highest BCUT2D eigenvalue weighted by Crippen LogP contribution is 2.06. The van der Waals surface area contributed by atoms with Crippen molar-refractivity contribution in [1.82, 2.24) is 10.2 Å². The van der Waals surface area contributed by atoms with Gasteiger partial charge in [0.15, 0.2) is 0 Å². The van der Waals surface area contributed by atoms with E-state index in [1.807, 2.05) is 0 Å². The summed E-state index contributed by atoms with van der Waals surface area (Å²) in [5.74, 6) is 1.22. The number of anilines is 1. The lowest BCUT2D eigenvalue weighted by atomic mass is 10.5. The van der Waals surface area contributed by atoms with Crippen LogP contribution in [0.2, 0.25) is 0 Å². The van der Waals surface area contributed by atoms with Crippen LogP contribution in [0, 0.1) is 0 Å². The standard InChI is InChI=1S/C7H12N4O/c1-12-7-3-2-6(10-11-7)9-5-4-8/h2-3H,4-5,8H2,1H3,(H,9,10). The lowest BCUT2D eigenvalue weighted by Crippen LogP contribution is -2.14. The van der Waals surface area contributed by atoms with E-state index in [9.17, 15) is 0 Å². The van der Waals surface area contributed by atoms with E-state index in [-0.39, 0.29) is 0 Å². The third-order valence-electron chi connectivity index (χ3n) is 1.30. The van der Waals surface area contributed by atoms with Crippen LogP contribution in [-0.2, 0) is 0 Å². The van der Waals surface area contributed by atoms with Gasteiger partial charge in [0.25, 0.3) is 0 Å². The molecule has 5 heteroatoms. The minimum absolute atomic E-state index is 0.508. The molecule has 5 nitrogen and oxygen atoms in total. The first kappa shape index (κ1) is 8.73. The Labute approximate surface area is 70.9 Å². The molecule has 1 rings (SSSR count). The number of aromatic nitrogens is 2. The third kappa shape index (κ3) is 2.35. The summed E-state index contributed by atoms with van der Waals surface area (Å²) in [7, 11) is 1.55. The number of nitrogens with zero attached hydrogens (tertiary/aromatic N) is 2. The zero-order valence-corrected chi connectivity index (χ0v) is 6.95. The molecule has 12 heavy (non-hydrogen) atoms. The second-order valence-corrected chi connectivity index (χ2v) is 2.18. The molecule has 0 unspecified atom stereocenters. The van der Waals surface area contributed by atoms with Gasteiger partial charge in [-0.3, -0.25) is 0 Å². The smallest absolute Gasteiger partial charge is 0.233 e. The molecule has 1 aromatic rings. The average molecular weight is 168 g/mol. The number of nitrogens with one attached hydrogen (secondary N) is 1. The van der Waals surface area contributed by atoms with Crippen molar-refractivity contribution >= 4 is 5.82 Å². The minimum atomic E-state index is 0.508.